The lowest BCUT2D eigenvalue weighted by molar-refractivity contribution is 0.340. The van der Waals surface area contributed by atoms with Gasteiger partial charge in [0.05, 0.1) is 23.4 Å². The van der Waals surface area contributed by atoms with E-state index in [-0.39, 0.29) is 5.56 Å². The van der Waals surface area contributed by atoms with E-state index >= 15 is 0 Å². The van der Waals surface area contributed by atoms with Crippen molar-refractivity contribution in [3.05, 3.63) is 56.8 Å². The van der Waals surface area contributed by atoms with Gasteiger partial charge in [-0.2, -0.15) is 0 Å². The predicted octanol–water partition coefficient (Wildman–Crippen LogP) is 4.96. The first-order valence-corrected chi connectivity index (χ1v) is 12.7. The Hall–Kier alpha value is -2.65. The van der Waals surface area contributed by atoms with Gasteiger partial charge in [0.2, 0.25) is 11.8 Å². The largest absolute Gasteiger partial charge is 0.494 e. The maximum Gasteiger partial charge on any atom is 0.267 e. The summed E-state index contributed by atoms with van der Waals surface area (Å²) in [6.45, 7) is 4.52. The lowest BCUT2D eigenvalue weighted by atomic mass is 9.97. The van der Waals surface area contributed by atoms with Crippen LogP contribution >= 0.6 is 23.1 Å². The van der Waals surface area contributed by atoms with E-state index in [0.717, 1.165) is 40.9 Å². The fourth-order valence-electron chi connectivity index (χ4n) is 3.98. The van der Waals surface area contributed by atoms with Crippen LogP contribution in [0.5, 0.6) is 5.75 Å². The lowest BCUT2D eigenvalue weighted by Gasteiger charge is -2.14. The first-order chi connectivity index (χ1) is 15.7. The summed E-state index contributed by atoms with van der Waals surface area (Å²) in [5, 5.41) is 9.54. The molecule has 0 saturated heterocycles. The molecule has 1 aliphatic rings. The van der Waals surface area contributed by atoms with Crippen molar-refractivity contribution >= 4 is 33.3 Å². The van der Waals surface area contributed by atoms with Gasteiger partial charge in [0.25, 0.3) is 5.56 Å². The van der Waals surface area contributed by atoms with Gasteiger partial charge in [-0.25, -0.2) is 4.98 Å². The van der Waals surface area contributed by atoms with Crippen molar-refractivity contribution in [3.63, 3.8) is 0 Å². The van der Waals surface area contributed by atoms with Gasteiger partial charge in [-0.1, -0.05) is 18.7 Å². The highest BCUT2D eigenvalue weighted by atomic mass is 32.2. The van der Waals surface area contributed by atoms with Crippen LogP contribution in [0, 0.1) is 0 Å². The number of fused-ring (bicyclic) bond motifs is 3. The molecule has 1 aliphatic carbocycles. The molecule has 0 saturated carbocycles. The molecule has 9 heteroatoms. The number of nitrogens with zero attached hydrogens (tertiary/aromatic N) is 4. The van der Waals surface area contributed by atoms with Gasteiger partial charge >= 0.3 is 0 Å². The molecule has 0 amide bonds. The highest BCUT2D eigenvalue weighted by Gasteiger charge is 2.23. The Bertz CT molecular complexity index is 1310. The van der Waals surface area contributed by atoms with E-state index in [4.69, 9.17) is 14.1 Å². The number of ether oxygens (including phenoxy) is 1. The number of benzene rings is 1. The number of hydrogen-bond donors (Lipinski definition) is 0. The Kier molecular flexibility index (Phi) is 6.01. The highest BCUT2D eigenvalue weighted by Crippen LogP contribution is 2.35. The van der Waals surface area contributed by atoms with E-state index in [1.807, 2.05) is 38.1 Å². The first kappa shape index (κ1) is 21.2. The number of thiophene rings is 1. The molecule has 3 heterocycles. The smallest absolute Gasteiger partial charge is 0.267 e. The Labute approximate surface area is 193 Å². The molecule has 0 atom stereocenters. The molecule has 7 nitrogen and oxygen atoms in total. The molecular weight excluding hydrogens is 444 g/mol. The molecule has 4 aromatic rings. The third kappa shape index (κ3) is 3.95. The molecule has 0 spiro atoms. The van der Waals surface area contributed by atoms with E-state index in [1.54, 1.807) is 15.9 Å². The number of hydrogen-bond acceptors (Lipinski definition) is 8. The normalized spacial score (nSPS) is 13.4. The van der Waals surface area contributed by atoms with Crippen LogP contribution in [0.4, 0.5) is 0 Å². The molecule has 5 rings (SSSR count). The average Bonchev–Trinajstić information content (AvgIpc) is 3.43. The van der Waals surface area contributed by atoms with Crippen LogP contribution in [-0.4, -0.2) is 26.4 Å². The van der Waals surface area contributed by atoms with Crippen molar-refractivity contribution in [2.75, 3.05) is 6.61 Å². The fourth-order valence-corrected chi connectivity index (χ4v) is 6.14. The molecule has 0 aliphatic heterocycles. The van der Waals surface area contributed by atoms with E-state index in [2.05, 4.69) is 10.2 Å². The SMILES string of the molecule is CCOc1ccc(-n2c(SCc3nnc(CC)o3)nc3sc4c(c3c2=O)CCCC4)cc1. The second-order valence-electron chi connectivity index (χ2n) is 7.58. The summed E-state index contributed by atoms with van der Waals surface area (Å²) in [5.74, 6) is 2.37. The van der Waals surface area contributed by atoms with Crippen LogP contribution in [0.25, 0.3) is 15.9 Å². The highest BCUT2D eigenvalue weighted by molar-refractivity contribution is 7.98. The first-order valence-electron chi connectivity index (χ1n) is 10.9. The van der Waals surface area contributed by atoms with Crippen LogP contribution in [0.2, 0.25) is 0 Å². The van der Waals surface area contributed by atoms with Crippen molar-refractivity contribution in [3.8, 4) is 11.4 Å². The zero-order valence-corrected chi connectivity index (χ0v) is 19.7. The summed E-state index contributed by atoms with van der Waals surface area (Å²) in [4.78, 5) is 20.9. The van der Waals surface area contributed by atoms with Gasteiger partial charge in [-0.15, -0.1) is 21.5 Å². The summed E-state index contributed by atoms with van der Waals surface area (Å²) in [6.07, 6.45) is 4.96. The van der Waals surface area contributed by atoms with E-state index < -0.39 is 0 Å². The maximum absolute atomic E-state index is 13.8. The van der Waals surface area contributed by atoms with Crippen molar-refractivity contribution in [1.82, 2.24) is 19.7 Å². The second kappa shape index (κ2) is 9.07. The van der Waals surface area contributed by atoms with Crippen LogP contribution < -0.4 is 10.3 Å². The van der Waals surface area contributed by atoms with Gasteiger partial charge in [-0.3, -0.25) is 9.36 Å². The molecule has 0 fully saturated rings. The number of thioether (sulfide) groups is 1. The molecule has 0 bridgehead atoms. The van der Waals surface area contributed by atoms with Crippen LogP contribution in [0.15, 0.2) is 38.6 Å². The van der Waals surface area contributed by atoms with Crippen molar-refractivity contribution < 1.29 is 9.15 Å². The van der Waals surface area contributed by atoms with Gasteiger partial charge in [0.15, 0.2) is 5.16 Å². The van der Waals surface area contributed by atoms with Crippen LogP contribution in [0.1, 0.15) is 48.9 Å². The lowest BCUT2D eigenvalue weighted by Crippen LogP contribution is -2.22. The summed E-state index contributed by atoms with van der Waals surface area (Å²) in [6, 6.07) is 7.59. The average molecular weight is 469 g/mol. The van der Waals surface area contributed by atoms with Crippen molar-refractivity contribution in [2.24, 2.45) is 0 Å². The molecular formula is C23H24N4O3S2. The van der Waals surface area contributed by atoms with Gasteiger partial charge < -0.3 is 9.15 Å². The molecule has 0 radical (unpaired) electrons. The number of rotatable bonds is 7. The Morgan fingerprint density at radius 3 is 2.66 bits per heavy atom. The third-order valence-electron chi connectivity index (χ3n) is 5.50. The zero-order chi connectivity index (χ0) is 22.1. The van der Waals surface area contributed by atoms with Gasteiger partial charge in [-0.05, 0) is 62.4 Å². The molecule has 0 unspecified atom stereocenters. The predicted molar refractivity (Wildman–Crippen MR) is 126 cm³/mol. The Morgan fingerprint density at radius 2 is 1.91 bits per heavy atom. The Morgan fingerprint density at radius 1 is 1.12 bits per heavy atom. The minimum atomic E-state index is -0.0131. The summed E-state index contributed by atoms with van der Waals surface area (Å²) in [5.41, 5.74) is 1.95. The zero-order valence-electron chi connectivity index (χ0n) is 18.1. The monoisotopic (exact) mass is 468 g/mol. The second-order valence-corrected chi connectivity index (χ2v) is 9.61. The molecule has 166 valence electrons. The topological polar surface area (TPSA) is 83.0 Å². The Balaban J connectivity index is 1.61. The maximum atomic E-state index is 13.8. The summed E-state index contributed by atoms with van der Waals surface area (Å²) >= 11 is 3.10. The van der Waals surface area contributed by atoms with Gasteiger partial charge in [0, 0.05) is 11.3 Å². The molecule has 1 aromatic carbocycles. The van der Waals surface area contributed by atoms with Gasteiger partial charge in [0.1, 0.15) is 10.6 Å². The van der Waals surface area contributed by atoms with Crippen LogP contribution in [0.3, 0.4) is 0 Å². The number of aryl methyl sites for hydroxylation is 3. The fraction of sp³-hybridized carbons (Fsp3) is 0.391. The molecule has 0 N–H and O–H groups in total. The quantitative estimate of drug-likeness (QED) is 0.280. The van der Waals surface area contributed by atoms with Crippen molar-refractivity contribution in [1.29, 1.82) is 0 Å². The van der Waals surface area contributed by atoms with E-state index in [1.165, 1.54) is 28.6 Å². The molecule has 32 heavy (non-hydrogen) atoms. The van der Waals surface area contributed by atoms with Crippen LogP contribution in [-0.2, 0) is 25.0 Å². The molecule has 3 aromatic heterocycles. The van der Waals surface area contributed by atoms with Crippen molar-refractivity contribution in [2.45, 2.75) is 56.9 Å². The minimum Gasteiger partial charge on any atom is -0.494 e. The number of aromatic nitrogens is 4. The standard InChI is InChI=1S/C23H24N4O3S2/c1-3-18-25-26-19(30-18)13-31-23-24-21-20(16-7-5-6-8-17(16)32-21)22(28)27(23)14-9-11-15(12-10-14)29-4-2/h9-12H,3-8,13H2,1-2H3. The van der Waals surface area contributed by atoms with E-state index in [0.29, 0.717) is 35.7 Å². The van der Waals surface area contributed by atoms with E-state index in [9.17, 15) is 4.79 Å². The minimum absolute atomic E-state index is 0.0131. The third-order valence-corrected chi connectivity index (χ3v) is 7.61. The summed E-state index contributed by atoms with van der Waals surface area (Å²) in [7, 11) is 0. The summed E-state index contributed by atoms with van der Waals surface area (Å²) < 4.78 is 12.9.